The molecule has 0 bridgehead atoms. The lowest BCUT2D eigenvalue weighted by Gasteiger charge is -2.33. The fourth-order valence-corrected chi connectivity index (χ4v) is 4.09. The number of imidazole rings is 1. The van der Waals surface area contributed by atoms with Crippen molar-refractivity contribution in [2.75, 3.05) is 25.9 Å². The van der Waals surface area contributed by atoms with Crippen molar-refractivity contribution in [3.63, 3.8) is 0 Å². The number of anilines is 1. The molecule has 0 aliphatic carbocycles. The lowest BCUT2D eigenvalue weighted by Crippen LogP contribution is -2.46. The summed E-state index contributed by atoms with van der Waals surface area (Å²) in [5, 5.41) is 0. The lowest BCUT2D eigenvalue weighted by molar-refractivity contribution is 0.0516. The number of aromatic amines is 1. The molecular formula is C20H20N6O2. The molecule has 4 heterocycles. The SMILES string of the molecule is CN1CCC(N2C(=O)c3cc4nc(-c5cccnc5N)[nH]c4cc3C2=O)CC1. The van der Waals surface area contributed by atoms with E-state index in [2.05, 4.69) is 26.9 Å². The van der Waals surface area contributed by atoms with E-state index in [1.165, 1.54) is 4.90 Å². The second-order valence-corrected chi connectivity index (χ2v) is 7.45. The normalized spacial score (nSPS) is 18.2. The number of benzene rings is 1. The minimum Gasteiger partial charge on any atom is -0.383 e. The van der Waals surface area contributed by atoms with Gasteiger partial charge in [-0.05, 0) is 57.2 Å². The predicted molar refractivity (Wildman–Crippen MR) is 105 cm³/mol. The standard InChI is InChI=1S/C20H20N6O2/c1-25-7-4-11(5-8-25)26-19(27)13-9-15-16(10-14(13)20(26)28)24-18(23-15)12-3-2-6-22-17(12)21/h2-3,6,9-11H,4-5,7-8H2,1H3,(H2,21,22)(H,23,24). The van der Waals surface area contributed by atoms with Crippen LogP contribution in [0.3, 0.4) is 0 Å². The van der Waals surface area contributed by atoms with Crippen LogP contribution in [0.4, 0.5) is 5.82 Å². The summed E-state index contributed by atoms with van der Waals surface area (Å²) in [6.07, 6.45) is 3.23. The van der Waals surface area contributed by atoms with Gasteiger partial charge in [-0.1, -0.05) is 0 Å². The fraction of sp³-hybridized carbons (Fsp3) is 0.300. The van der Waals surface area contributed by atoms with Crippen LogP contribution in [-0.2, 0) is 0 Å². The predicted octanol–water partition coefficient (Wildman–Crippen LogP) is 1.90. The zero-order chi connectivity index (χ0) is 19.4. The monoisotopic (exact) mass is 376 g/mol. The van der Waals surface area contributed by atoms with Gasteiger partial charge in [-0.15, -0.1) is 0 Å². The number of nitrogens with two attached hydrogens (primary N) is 1. The molecule has 2 aromatic heterocycles. The van der Waals surface area contributed by atoms with Crippen molar-refractivity contribution in [1.82, 2.24) is 24.8 Å². The molecule has 0 spiro atoms. The molecule has 3 N–H and O–H groups in total. The second kappa shape index (κ2) is 6.13. The van der Waals surface area contributed by atoms with Crippen LogP contribution in [0.2, 0.25) is 0 Å². The zero-order valence-electron chi connectivity index (χ0n) is 15.5. The van der Waals surface area contributed by atoms with Crippen LogP contribution in [0.15, 0.2) is 30.5 Å². The number of hydrogen-bond donors (Lipinski definition) is 2. The van der Waals surface area contributed by atoms with Gasteiger partial charge in [-0.25, -0.2) is 9.97 Å². The number of carbonyl (C=O) groups excluding carboxylic acids is 2. The molecule has 3 aromatic rings. The zero-order valence-corrected chi connectivity index (χ0v) is 15.5. The maximum atomic E-state index is 13.0. The molecule has 0 atom stereocenters. The first kappa shape index (κ1) is 16.9. The number of pyridine rings is 1. The van der Waals surface area contributed by atoms with E-state index < -0.39 is 0 Å². The van der Waals surface area contributed by atoms with Crippen molar-refractivity contribution in [3.8, 4) is 11.4 Å². The summed E-state index contributed by atoms with van der Waals surface area (Å²) in [5.74, 6) is 0.501. The molecule has 1 aromatic carbocycles. The Hall–Kier alpha value is -3.26. The van der Waals surface area contributed by atoms with E-state index in [4.69, 9.17) is 5.73 Å². The summed E-state index contributed by atoms with van der Waals surface area (Å²) in [6.45, 7) is 1.77. The van der Waals surface area contributed by atoms with Crippen molar-refractivity contribution in [3.05, 3.63) is 41.6 Å². The van der Waals surface area contributed by atoms with Crippen molar-refractivity contribution in [2.24, 2.45) is 0 Å². The number of piperidine rings is 1. The van der Waals surface area contributed by atoms with Crippen molar-refractivity contribution >= 4 is 28.7 Å². The van der Waals surface area contributed by atoms with Gasteiger partial charge in [0.2, 0.25) is 0 Å². The number of amides is 2. The van der Waals surface area contributed by atoms with Crippen LogP contribution in [-0.4, -0.2) is 62.7 Å². The molecule has 28 heavy (non-hydrogen) atoms. The summed E-state index contributed by atoms with van der Waals surface area (Å²) < 4.78 is 0. The average Bonchev–Trinajstić information content (AvgIpc) is 3.21. The third-order valence-corrected chi connectivity index (χ3v) is 5.67. The number of nitrogen functional groups attached to an aromatic ring is 1. The van der Waals surface area contributed by atoms with E-state index >= 15 is 0 Å². The number of nitrogens with one attached hydrogen (secondary N) is 1. The van der Waals surface area contributed by atoms with E-state index in [0.717, 1.165) is 25.9 Å². The van der Waals surface area contributed by atoms with Crippen LogP contribution >= 0.6 is 0 Å². The summed E-state index contributed by atoms with van der Waals surface area (Å²) >= 11 is 0. The van der Waals surface area contributed by atoms with Gasteiger partial charge in [0.25, 0.3) is 11.8 Å². The van der Waals surface area contributed by atoms with Crippen molar-refractivity contribution in [1.29, 1.82) is 0 Å². The average molecular weight is 376 g/mol. The highest BCUT2D eigenvalue weighted by atomic mass is 16.2. The smallest absolute Gasteiger partial charge is 0.261 e. The Bertz CT molecular complexity index is 1060. The molecule has 1 fully saturated rings. The lowest BCUT2D eigenvalue weighted by atomic mass is 10.0. The van der Waals surface area contributed by atoms with Crippen LogP contribution in [0, 0.1) is 0 Å². The van der Waals surface area contributed by atoms with Gasteiger partial charge in [-0.2, -0.15) is 0 Å². The second-order valence-electron chi connectivity index (χ2n) is 7.45. The minimum atomic E-state index is -0.220. The van der Waals surface area contributed by atoms with Gasteiger partial charge < -0.3 is 15.6 Å². The van der Waals surface area contributed by atoms with Gasteiger partial charge in [0.1, 0.15) is 11.6 Å². The molecule has 0 unspecified atom stereocenters. The maximum Gasteiger partial charge on any atom is 0.261 e. The topological polar surface area (TPSA) is 108 Å². The number of nitrogens with zero attached hydrogens (tertiary/aromatic N) is 4. The maximum absolute atomic E-state index is 13.0. The van der Waals surface area contributed by atoms with Gasteiger partial charge in [0.15, 0.2) is 0 Å². The van der Waals surface area contributed by atoms with Crippen LogP contribution in [0.5, 0.6) is 0 Å². The summed E-state index contributed by atoms with van der Waals surface area (Å²) in [6, 6.07) is 6.99. The largest absolute Gasteiger partial charge is 0.383 e. The number of likely N-dealkylation sites (tertiary alicyclic amines) is 1. The molecule has 0 radical (unpaired) electrons. The number of carbonyl (C=O) groups is 2. The Morgan fingerprint density at radius 1 is 1.11 bits per heavy atom. The van der Waals surface area contributed by atoms with E-state index in [-0.39, 0.29) is 17.9 Å². The molecule has 1 saturated heterocycles. The first-order valence-electron chi connectivity index (χ1n) is 9.34. The molecular weight excluding hydrogens is 356 g/mol. The van der Waals surface area contributed by atoms with Crippen molar-refractivity contribution < 1.29 is 9.59 Å². The number of rotatable bonds is 2. The van der Waals surface area contributed by atoms with Crippen LogP contribution in [0.1, 0.15) is 33.6 Å². The third kappa shape index (κ3) is 2.49. The van der Waals surface area contributed by atoms with E-state index in [1.54, 1.807) is 24.4 Å². The first-order chi connectivity index (χ1) is 13.5. The molecule has 2 amide bonds. The van der Waals surface area contributed by atoms with Gasteiger partial charge in [-0.3, -0.25) is 14.5 Å². The summed E-state index contributed by atoms with van der Waals surface area (Å²) in [7, 11) is 2.05. The third-order valence-electron chi connectivity index (χ3n) is 5.67. The number of H-pyrrole nitrogens is 1. The van der Waals surface area contributed by atoms with Crippen molar-refractivity contribution in [2.45, 2.75) is 18.9 Å². The first-order valence-corrected chi connectivity index (χ1v) is 9.34. The molecule has 8 nitrogen and oxygen atoms in total. The molecule has 142 valence electrons. The number of hydrogen-bond acceptors (Lipinski definition) is 6. The Morgan fingerprint density at radius 3 is 2.54 bits per heavy atom. The Balaban J connectivity index is 1.53. The highest BCUT2D eigenvalue weighted by Gasteiger charge is 2.41. The van der Waals surface area contributed by atoms with E-state index in [9.17, 15) is 9.59 Å². The van der Waals surface area contributed by atoms with Crippen LogP contribution in [0.25, 0.3) is 22.4 Å². The fourth-order valence-electron chi connectivity index (χ4n) is 4.09. The molecule has 2 aliphatic rings. The highest BCUT2D eigenvalue weighted by Crippen LogP contribution is 2.32. The number of aromatic nitrogens is 3. The Labute approximate surface area is 161 Å². The van der Waals surface area contributed by atoms with Gasteiger partial charge in [0.05, 0.1) is 27.7 Å². The number of imide groups is 1. The molecule has 2 aliphatic heterocycles. The Kier molecular flexibility index (Phi) is 3.70. The van der Waals surface area contributed by atoms with E-state index in [1.807, 2.05) is 6.07 Å². The minimum absolute atomic E-state index is 0.0411. The molecule has 5 rings (SSSR count). The van der Waals surface area contributed by atoms with Gasteiger partial charge in [0, 0.05) is 12.2 Å². The molecule has 8 heteroatoms. The highest BCUT2D eigenvalue weighted by molar-refractivity contribution is 6.23. The summed E-state index contributed by atoms with van der Waals surface area (Å²) in [4.78, 5) is 41.5. The number of fused-ring (bicyclic) bond motifs is 2. The Morgan fingerprint density at radius 2 is 1.82 bits per heavy atom. The quantitative estimate of drug-likeness (QED) is 0.661. The van der Waals surface area contributed by atoms with E-state index in [0.29, 0.717) is 39.4 Å². The van der Waals surface area contributed by atoms with Gasteiger partial charge >= 0.3 is 0 Å². The van der Waals surface area contributed by atoms with Crippen LogP contribution < -0.4 is 5.73 Å². The molecule has 0 saturated carbocycles. The summed E-state index contributed by atoms with van der Waals surface area (Å²) in [5.41, 5.74) is 8.81.